The minimum absolute atomic E-state index is 0.0557. The van der Waals surface area contributed by atoms with Gasteiger partial charge in [0.1, 0.15) is 0 Å². The van der Waals surface area contributed by atoms with Gasteiger partial charge in [-0.25, -0.2) is 0 Å². The molecule has 0 unspecified atom stereocenters. The molecule has 140 valence electrons. The fraction of sp³-hybridized carbons (Fsp3) is 0.900. The number of aliphatic hydroxyl groups excluding tert-OH is 1. The normalized spacial score (nSPS) is 50.7. The number of nitrogens with two attached hydrogens (primary N) is 1. The van der Waals surface area contributed by atoms with Crippen LogP contribution in [0, 0.1) is 34.5 Å². The summed E-state index contributed by atoms with van der Waals surface area (Å²) in [5.74, 6) is 3.14. The lowest BCUT2D eigenvalue weighted by molar-refractivity contribution is -0.113. The topological polar surface area (TPSA) is 70.6 Å². The van der Waals surface area contributed by atoms with Gasteiger partial charge in [0.2, 0.25) is 0 Å². The zero-order valence-electron chi connectivity index (χ0n) is 15.6. The number of thiocarbonyl (C=S) groups is 1. The van der Waals surface area contributed by atoms with Crippen molar-refractivity contribution in [2.75, 3.05) is 0 Å². The molecule has 4 fully saturated rings. The lowest BCUT2D eigenvalue weighted by atomic mass is 9.45. The molecular formula is C20H33N3OS. The van der Waals surface area contributed by atoms with Crippen molar-refractivity contribution in [2.45, 2.75) is 77.7 Å². The summed E-state index contributed by atoms with van der Waals surface area (Å²) in [6.07, 6.45) is 10.7. The first-order chi connectivity index (χ1) is 11.8. The van der Waals surface area contributed by atoms with E-state index in [0.29, 0.717) is 5.41 Å². The summed E-state index contributed by atoms with van der Waals surface area (Å²) in [5, 5.41) is 15.0. The molecule has 5 heteroatoms. The van der Waals surface area contributed by atoms with Crippen LogP contribution < -0.4 is 11.2 Å². The first kappa shape index (κ1) is 17.7. The maximum absolute atomic E-state index is 10.1. The van der Waals surface area contributed by atoms with Crippen molar-refractivity contribution in [3.05, 3.63) is 0 Å². The van der Waals surface area contributed by atoms with Crippen LogP contribution in [0.1, 0.15) is 71.6 Å². The Bertz CT molecular complexity index is 593. The highest BCUT2D eigenvalue weighted by Crippen LogP contribution is 2.65. The molecule has 0 aromatic carbocycles. The van der Waals surface area contributed by atoms with Gasteiger partial charge in [-0.15, -0.1) is 0 Å². The maximum Gasteiger partial charge on any atom is 0.184 e. The van der Waals surface area contributed by atoms with E-state index in [1.54, 1.807) is 0 Å². The molecule has 0 aromatic rings. The highest BCUT2D eigenvalue weighted by atomic mass is 32.1. The first-order valence-corrected chi connectivity index (χ1v) is 10.6. The van der Waals surface area contributed by atoms with Crippen molar-refractivity contribution in [1.82, 2.24) is 5.43 Å². The van der Waals surface area contributed by atoms with E-state index in [2.05, 4.69) is 24.4 Å². The van der Waals surface area contributed by atoms with Crippen LogP contribution in [-0.2, 0) is 0 Å². The number of fused-ring (bicyclic) bond motifs is 5. The lowest BCUT2D eigenvalue weighted by Crippen LogP contribution is -2.54. The zero-order chi connectivity index (χ0) is 17.8. The second-order valence-electron chi connectivity index (χ2n) is 9.61. The van der Waals surface area contributed by atoms with Gasteiger partial charge in [-0.3, -0.25) is 5.43 Å². The van der Waals surface area contributed by atoms with Crippen LogP contribution in [0.15, 0.2) is 5.10 Å². The third-order valence-corrected chi connectivity index (χ3v) is 8.77. The van der Waals surface area contributed by atoms with Gasteiger partial charge in [-0.05, 0) is 99.1 Å². The van der Waals surface area contributed by atoms with Crippen molar-refractivity contribution in [3.63, 3.8) is 0 Å². The summed E-state index contributed by atoms with van der Waals surface area (Å²) in [7, 11) is 0. The molecule has 0 radical (unpaired) electrons. The van der Waals surface area contributed by atoms with Gasteiger partial charge in [0.25, 0.3) is 0 Å². The predicted molar refractivity (Wildman–Crippen MR) is 105 cm³/mol. The Morgan fingerprint density at radius 3 is 2.72 bits per heavy atom. The molecule has 0 aromatic heterocycles. The van der Waals surface area contributed by atoms with Gasteiger partial charge < -0.3 is 10.8 Å². The summed E-state index contributed by atoms with van der Waals surface area (Å²) in [6.45, 7) is 4.97. The Kier molecular flexibility index (Phi) is 4.39. The van der Waals surface area contributed by atoms with Crippen molar-refractivity contribution >= 4 is 23.0 Å². The highest BCUT2D eigenvalue weighted by molar-refractivity contribution is 7.80. The summed E-state index contributed by atoms with van der Waals surface area (Å²) in [6, 6.07) is 0. The molecule has 0 aliphatic heterocycles. The Balaban J connectivity index is 1.58. The second-order valence-corrected chi connectivity index (χ2v) is 10.1. The summed E-state index contributed by atoms with van der Waals surface area (Å²) < 4.78 is 0. The van der Waals surface area contributed by atoms with Crippen LogP contribution in [0.25, 0.3) is 0 Å². The molecule has 0 amide bonds. The van der Waals surface area contributed by atoms with Gasteiger partial charge >= 0.3 is 0 Å². The number of hydrogen-bond acceptors (Lipinski definition) is 3. The number of nitrogens with zero attached hydrogens (tertiary/aromatic N) is 1. The van der Waals surface area contributed by atoms with Crippen molar-refractivity contribution in [1.29, 1.82) is 0 Å². The molecule has 7 atom stereocenters. The van der Waals surface area contributed by atoms with Crippen LogP contribution in [0.2, 0.25) is 0 Å². The molecule has 4 saturated carbocycles. The number of hydrogen-bond donors (Lipinski definition) is 3. The molecule has 4 nitrogen and oxygen atoms in total. The zero-order valence-corrected chi connectivity index (χ0v) is 16.4. The molecule has 0 saturated heterocycles. The standard InChI is InChI=1S/C20H33N3OS/c1-19-9-7-13(24)11-12(19)3-4-14-15-5-6-17(22-23-18(21)25)20(15,2)10-8-16(14)19/h12-16,24H,3-11H2,1-2H3,(H3,21,23,25)/b22-17+/t12-,13-,14+,15+,16+,19-,20-/m0/s1. The molecule has 4 N–H and O–H groups in total. The predicted octanol–water partition coefficient (Wildman–Crippen LogP) is 3.58. The third kappa shape index (κ3) is 2.73. The van der Waals surface area contributed by atoms with Gasteiger partial charge in [-0.2, -0.15) is 5.10 Å². The molecular weight excluding hydrogens is 330 g/mol. The van der Waals surface area contributed by atoms with E-state index in [-0.39, 0.29) is 16.6 Å². The van der Waals surface area contributed by atoms with Crippen LogP contribution in [0.3, 0.4) is 0 Å². The summed E-state index contributed by atoms with van der Waals surface area (Å²) in [5.41, 5.74) is 10.4. The number of aliphatic hydroxyl groups is 1. The molecule has 25 heavy (non-hydrogen) atoms. The molecule has 4 aliphatic rings. The van der Waals surface area contributed by atoms with Gasteiger partial charge in [0, 0.05) is 11.1 Å². The molecule has 0 bridgehead atoms. The largest absolute Gasteiger partial charge is 0.393 e. The smallest absolute Gasteiger partial charge is 0.184 e. The Hall–Kier alpha value is -0.680. The fourth-order valence-electron chi connectivity index (χ4n) is 7.33. The van der Waals surface area contributed by atoms with Crippen LogP contribution >= 0.6 is 12.2 Å². The Morgan fingerprint density at radius 2 is 1.96 bits per heavy atom. The number of rotatable bonds is 1. The SMILES string of the molecule is C[C@]12CC[C@H](O)C[C@@H]1CC[C@H]1[C@H]2CC[C@]2(C)/C(=N/NC(N)=S)CC[C@H]12. The molecule has 0 heterocycles. The molecule has 4 aliphatic carbocycles. The lowest BCUT2D eigenvalue weighted by Gasteiger charge is -2.60. The van der Waals surface area contributed by atoms with E-state index in [1.165, 1.54) is 44.2 Å². The van der Waals surface area contributed by atoms with Crippen molar-refractivity contribution in [2.24, 2.45) is 45.3 Å². The quantitative estimate of drug-likeness (QED) is 0.492. The van der Waals surface area contributed by atoms with E-state index in [0.717, 1.165) is 42.9 Å². The minimum Gasteiger partial charge on any atom is -0.393 e. The van der Waals surface area contributed by atoms with E-state index >= 15 is 0 Å². The molecule has 0 spiro atoms. The Labute approximate surface area is 157 Å². The average Bonchev–Trinajstić information content (AvgIpc) is 2.90. The van der Waals surface area contributed by atoms with Crippen LogP contribution in [0.5, 0.6) is 0 Å². The average molecular weight is 364 g/mol. The third-order valence-electron chi connectivity index (χ3n) is 8.68. The fourth-order valence-corrected chi connectivity index (χ4v) is 7.38. The number of hydrazone groups is 1. The van der Waals surface area contributed by atoms with E-state index in [1.807, 2.05) is 0 Å². The van der Waals surface area contributed by atoms with E-state index in [4.69, 9.17) is 18.0 Å². The second kappa shape index (κ2) is 6.19. The number of nitrogens with one attached hydrogen (secondary N) is 1. The van der Waals surface area contributed by atoms with Gasteiger partial charge in [0.05, 0.1) is 6.10 Å². The monoisotopic (exact) mass is 363 g/mol. The summed E-state index contributed by atoms with van der Waals surface area (Å²) >= 11 is 4.93. The maximum atomic E-state index is 10.1. The van der Waals surface area contributed by atoms with Crippen molar-refractivity contribution in [3.8, 4) is 0 Å². The highest BCUT2D eigenvalue weighted by Gasteiger charge is 2.59. The summed E-state index contributed by atoms with van der Waals surface area (Å²) in [4.78, 5) is 0. The first-order valence-electron chi connectivity index (χ1n) is 10.1. The Morgan fingerprint density at radius 1 is 1.16 bits per heavy atom. The van der Waals surface area contributed by atoms with E-state index < -0.39 is 0 Å². The van der Waals surface area contributed by atoms with Gasteiger partial charge in [-0.1, -0.05) is 13.8 Å². The molecule has 4 rings (SSSR count). The van der Waals surface area contributed by atoms with Crippen LogP contribution in [-0.4, -0.2) is 22.0 Å². The van der Waals surface area contributed by atoms with Crippen LogP contribution in [0.4, 0.5) is 0 Å². The van der Waals surface area contributed by atoms with Gasteiger partial charge in [0.15, 0.2) is 5.11 Å². The minimum atomic E-state index is -0.0557. The van der Waals surface area contributed by atoms with E-state index in [9.17, 15) is 5.11 Å². The van der Waals surface area contributed by atoms with Crippen molar-refractivity contribution < 1.29 is 5.11 Å².